The highest BCUT2D eigenvalue weighted by atomic mass is 16.5. The van der Waals surface area contributed by atoms with Gasteiger partial charge in [0.15, 0.2) is 0 Å². The van der Waals surface area contributed by atoms with Gasteiger partial charge in [0.1, 0.15) is 18.2 Å². The summed E-state index contributed by atoms with van der Waals surface area (Å²) in [5.74, 6) is 0.0970. The molecule has 0 radical (unpaired) electrons. The van der Waals surface area contributed by atoms with E-state index < -0.39 is 5.97 Å². The van der Waals surface area contributed by atoms with E-state index in [4.69, 9.17) is 14.5 Å². The van der Waals surface area contributed by atoms with Gasteiger partial charge in [-0.15, -0.1) is 0 Å². The van der Waals surface area contributed by atoms with Crippen LogP contribution >= 0.6 is 0 Å². The molecule has 1 aromatic heterocycles. The number of benzene rings is 2. The van der Waals surface area contributed by atoms with E-state index in [1.165, 1.54) is 7.11 Å². The van der Waals surface area contributed by atoms with Crippen LogP contribution in [0.4, 0.5) is 17.2 Å². The van der Waals surface area contributed by atoms with Gasteiger partial charge in [0.2, 0.25) is 5.91 Å². The number of carbonyl (C=O) groups excluding carboxylic acids is 1. The zero-order valence-corrected chi connectivity index (χ0v) is 18.6. The van der Waals surface area contributed by atoms with E-state index in [2.05, 4.69) is 15.1 Å². The molecule has 2 N–H and O–H groups in total. The fourth-order valence-corrected chi connectivity index (χ4v) is 3.94. The molecule has 0 unspecified atom stereocenters. The molecule has 0 saturated carbocycles. The standard InChI is InChI=1S/C24H26N4O5/c1-32-15-23(29)25-16-3-8-21-19(13-16)20(24(30)31)14-22(26-21)28-11-9-27(10-12-28)17-4-6-18(33-2)7-5-17/h3-8,13-14H,9-12,15H2,1-2H3,(H,25,29)(H,30,31). The predicted molar refractivity (Wildman–Crippen MR) is 127 cm³/mol. The van der Waals surface area contributed by atoms with E-state index in [9.17, 15) is 14.7 Å². The number of methoxy groups -OCH3 is 2. The molecule has 1 amide bonds. The first-order chi connectivity index (χ1) is 16.0. The third kappa shape index (κ3) is 4.98. The van der Waals surface area contributed by atoms with Crippen molar-refractivity contribution in [2.45, 2.75) is 0 Å². The van der Waals surface area contributed by atoms with E-state index >= 15 is 0 Å². The van der Waals surface area contributed by atoms with Crippen molar-refractivity contribution in [3.8, 4) is 5.75 Å². The van der Waals surface area contributed by atoms with Gasteiger partial charge >= 0.3 is 5.97 Å². The monoisotopic (exact) mass is 450 g/mol. The van der Waals surface area contributed by atoms with Crippen LogP contribution < -0.4 is 19.9 Å². The zero-order chi connectivity index (χ0) is 23.4. The smallest absolute Gasteiger partial charge is 0.336 e. The maximum absolute atomic E-state index is 12.0. The van der Waals surface area contributed by atoms with Crippen LogP contribution in [-0.4, -0.2) is 69.0 Å². The number of pyridine rings is 1. The Bertz CT molecular complexity index is 1160. The average Bonchev–Trinajstić information content (AvgIpc) is 2.83. The van der Waals surface area contributed by atoms with Crippen LogP contribution in [0.5, 0.6) is 5.75 Å². The van der Waals surface area contributed by atoms with Crippen LogP contribution in [0, 0.1) is 0 Å². The van der Waals surface area contributed by atoms with Gasteiger partial charge in [-0.25, -0.2) is 9.78 Å². The number of amides is 1. The molecule has 9 nitrogen and oxygen atoms in total. The molecule has 1 aliphatic rings. The van der Waals surface area contributed by atoms with Gasteiger partial charge in [-0.3, -0.25) is 4.79 Å². The average molecular weight is 450 g/mol. The number of nitrogens with zero attached hydrogens (tertiary/aromatic N) is 3. The second kappa shape index (κ2) is 9.74. The number of fused-ring (bicyclic) bond motifs is 1. The third-order valence-corrected chi connectivity index (χ3v) is 5.63. The Kier molecular flexibility index (Phi) is 6.60. The Hall–Kier alpha value is -3.85. The molecule has 0 aliphatic carbocycles. The Balaban J connectivity index is 1.54. The zero-order valence-electron chi connectivity index (χ0n) is 18.6. The molecule has 2 heterocycles. The maximum atomic E-state index is 12.0. The third-order valence-electron chi connectivity index (χ3n) is 5.63. The Morgan fingerprint density at radius 3 is 2.33 bits per heavy atom. The minimum atomic E-state index is -1.04. The van der Waals surface area contributed by atoms with Gasteiger partial charge in [-0.05, 0) is 48.5 Å². The number of carboxylic acids is 1. The van der Waals surface area contributed by atoms with E-state index in [0.717, 1.165) is 37.6 Å². The summed E-state index contributed by atoms with van der Waals surface area (Å²) in [6, 6.07) is 14.6. The Labute approximate surface area is 191 Å². The predicted octanol–water partition coefficient (Wildman–Crippen LogP) is 2.85. The van der Waals surface area contributed by atoms with Gasteiger partial charge in [-0.1, -0.05) is 0 Å². The van der Waals surface area contributed by atoms with Crippen LogP contribution in [0.25, 0.3) is 10.9 Å². The highest BCUT2D eigenvalue weighted by Crippen LogP contribution is 2.28. The number of ether oxygens (including phenoxy) is 2. The molecule has 1 saturated heterocycles. The Morgan fingerprint density at radius 1 is 1.00 bits per heavy atom. The number of hydrogen-bond donors (Lipinski definition) is 2. The van der Waals surface area contributed by atoms with E-state index in [1.54, 1.807) is 31.4 Å². The number of aromatic nitrogens is 1. The first-order valence-corrected chi connectivity index (χ1v) is 10.6. The van der Waals surface area contributed by atoms with Crippen molar-refractivity contribution in [3.63, 3.8) is 0 Å². The molecule has 4 rings (SSSR count). The van der Waals surface area contributed by atoms with Gasteiger partial charge < -0.3 is 29.7 Å². The quantitative estimate of drug-likeness (QED) is 0.566. The number of aromatic carboxylic acids is 1. The Morgan fingerprint density at radius 2 is 1.70 bits per heavy atom. The summed E-state index contributed by atoms with van der Waals surface area (Å²) in [5, 5.41) is 13.0. The lowest BCUT2D eigenvalue weighted by Gasteiger charge is -2.37. The van der Waals surface area contributed by atoms with Crippen molar-refractivity contribution >= 4 is 40.0 Å². The van der Waals surface area contributed by atoms with Crippen LogP contribution in [0.1, 0.15) is 10.4 Å². The number of carbonyl (C=O) groups is 2. The SMILES string of the molecule is COCC(=O)Nc1ccc2nc(N3CCN(c4ccc(OC)cc4)CC3)cc(C(=O)O)c2c1. The first kappa shape index (κ1) is 22.3. The van der Waals surface area contributed by atoms with Gasteiger partial charge in [-0.2, -0.15) is 0 Å². The number of nitrogens with one attached hydrogen (secondary N) is 1. The van der Waals surface area contributed by atoms with Crippen molar-refractivity contribution in [2.24, 2.45) is 0 Å². The van der Waals surface area contributed by atoms with Gasteiger partial charge in [0, 0.05) is 50.0 Å². The molecule has 2 aromatic carbocycles. The van der Waals surface area contributed by atoms with E-state index in [-0.39, 0.29) is 18.1 Å². The summed E-state index contributed by atoms with van der Waals surface area (Å²) in [7, 11) is 3.08. The summed E-state index contributed by atoms with van der Waals surface area (Å²) < 4.78 is 10.0. The van der Waals surface area contributed by atoms with Crippen molar-refractivity contribution < 1.29 is 24.2 Å². The van der Waals surface area contributed by atoms with E-state index in [0.29, 0.717) is 22.4 Å². The minimum Gasteiger partial charge on any atom is -0.497 e. The molecule has 1 aliphatic heterocycles. The normalized spacial score (nSPS) is 13.8. The molecule has 172 valence electrons. The summed E-state index contributed by atoms with van der Waals surface area (Å²) >= 11 is 0. The summed E-state index contributed by atoms with van der Waals surface area (Å²) in [6.07, 6.45) is 0. The minimum absolute atomic E-state index is 0.0798. The number of piperazine rings is 1. The lowest BCUT2D eigenvalue weighted by atomic mass is 10.1. The number of anilines is 3. The molecular weight excluding hydrogens is 424 g/mol. The molecule has 33 heavy (non-hydrogen) atoms. The lowest BCUT2D eigenvalue weighted by Crippen LogP contribution is -2.46. The topological polar surface area (TPSA) is 104 Å². The first-order valence-electron chi connectivity index (χ1n) is 10.6. The van der Waals surface area contributed by atoms with Gasteiger partial charge in [0.25, 0.3) is 0 Å². The van der Waals surface area contributed by atoms with Crippen molar-refractivity contribution in [2.75, 3.05) is 62.1 Å². The fourth-order valence-electron chi connectivity index (χ4n) is 3.94. The highest BCUT2D eigenvalue weighted by Gasteiger charge is 2.21. The highest BCUT2D eigenvalue weighted by molar-refractivity contribution is 6.05. The maximum Gasteiger partial charge on any atom is 0.336 e. The summed E-state index contributed by atoms with van der Waals surface area (Å²) in [4.78, 5) is 32.9. The van der Waals surface area contributed by atoms with Crippen molar-refractivity contribution in [1.29, 1.82) is 0 Å². The molecule has 0 bridgehead atoms. The lowest BCUT2D eigenvalue weighted by molar-refractivity contribution is -0.119. The van der Waals surface area contributed by atoms with Crippen molar-refractivity contribution in [3.05, 3.63) is 54.1 Å². The molecule has 0 atom stereocenters. The van der Waals surface area contributed by atoms with Crippen LogP contribution in [0.15, 0.2) is 48.5 Å². The van der Waals surface area contributed by atoms with Crippen LogP contribution in [0.2, 0.25) is 0 Å². The van der Waals surface area contributed by atoms with Crippen molar-refractivity contribution in [1.82, 2.24) is 4.98 Å². The van der Waals surface area contributed by atoms with Crippen LogP contribution in [0.3, 0.4) is 0 Å². The molecule has 9 heteroatoms. The number of hydrogen-bond acceptors (Lipinski definition) is 7. The summed E-state index contributed by atoms with van der Waals surface area (Å²) in [6.45, 7) is 2.94. The van der Waals surface area contributed by atoms with Gasteiger partial charge in [0.05, 0.1) is 18.2 Å². The largest absolute Gasteiger partial charge is 0.497 e. The second-order valence-corrected chi connectivity index (χ2v) is 7.72. The molecule has 1 fully saturated rings. The summed E-state index contributed by atoms with van der Waals surface area (Å²) in [5.41, 5.74) is 2.33. The number of carboxylic acid groups (broad SMARTS) is 1. The molecule has 0 spiro atoms. The number of rotatable bonds is 7. The second-order valence-electron chi connectivity index (χ2n) is 7.72. The van der Waals surface area contributed by atoms with E-state index in [1.807, 2.05) is 24.3 Å². The van der Waals surface area contributed by atoms with Crippen LogP contribution in [-0.2, 0) is 9.53 Å². The molecular formula is C24H26N4O5. The molecule has 3 aromatic rings. The fraction of sp³-hybridized carbons (Fsp3) is 0.292.